The molecule has 1 rings (SSSR count). The number of aromatic amines is 1. The molecule has 5 heteroatoms. The molecule has 1 aromatic rings. The Morgan fingerprint density at radius 3 is 3.00 bits per heavy atom. The summed E-state index contributed by atoms with van der Waals surface area (Å²) in [6, 6.07) is 0. The number of nitrogens with zero attached hydrogens (tertiary/aromatic N) is 2. The van der Waals surface area contributed by atoms with E-state index < -0.39 is 5.38 Å². The van der Waals surface area contributed by atoms with E-state index in [0.29, 0.717) is 6.54 Å². The molecule has 0 aliphatic carbocycles. The Morgan fingerprint density at radius 2 is 2.54 bits per heavy atom. The van der Waals surface area contributed by atoms with E-state index in [9.17, 15) is 4.79 Å². The van der Waals surface area contributed by atoms with Crippen molar-refractivity contribution >= 4 is 17.5 Å². The van der Waals surface area contributed by atoms with E-state index in [4.69, 9.17) is 11.6 Å². The van der Waals surface area contributed by atoms with E-state index in [-0.39, 0.29) is 5.91 Å². The Labute approximate surface area is 81.9 Å². The predicted octanol–water partition coefficient (Wildman–Crippen LogP) is 0.995. The molecule has 1 amide bonds. The molecule has 0 saturated heterocycles. The number of carbonyl (C=O) groups excluding carboxylic acids is 1. The highest BCUT2D eigenvalue weighted by Gasteiger charge is 2.14. The predicted molar refractivity (Wildman–Crippen MR) is 50.4 cm³/mol. The van der Waals surface area contributed by atoms with Crippen LogP contribution < -0.4 is 0 Å². The van der Waals surface area contributed by atoms with Gasteiger partial charge in [-0.2, -0.15) is 5.10 Å². The van der Waals surface area contributed by atoms with E-state index in [2.05, 4.69) is 10.2 Å². The van der Waals surface area contributed by atoms with Crippen molar-refractivity contribution in [2.75, 3.05) is 7.05 Å². The Morgan fingerprint density at radius 1 is 1.85 bits per heavy atom. The fourth-order valence-corrected chi connectivity index (χ4v) is 1.19. The van der Waals surface area contributed by atoms with E-state index in [1.54, 1.807) is 31.3 Å². The summed E-state index contributed by atoms with van der Waals surface area (Å²) in [5.41, 5.74) is 0.966. The Kier molecular flexibility index (Phi) is 3.31. The topological polar surface area (TPSA) is 49.0 Å². The van der Waals surface area contributed by atoms with Gasteiger partial charge in [-0.15, -0.1) is 11.6 Å². The standard InChI is InChI=1S/C8H12ClN3O/c1-6(9)8(13)12(2)5-7-3-10-11-4-7/h3-4,6H,5H2,1-2H3,(H,10,11). The number of H-pyrrole nitrogens is 1. The summed E-state index contributed by atoms with van der Waals surface area (Å²) in [6.07, 6.45) is 3.44. The van der Waals surface area contributed by atoms with E-state index >= 15 is 0 Å². The third kappa shape index (κ3) is 2.73. The minimum Gasteiger partial charge on any atom is -0.340 e. The van der Waals surface area contributed by atoms with E-state index in [1.165, 1.54) is 0 Å². The van der Waals surface area contributed by atoms with Gasteiger partial charge in [0.2, 0.25) is 5.91 Å². The van der Waals surface area contributed by atoms with Gasteiger partial charge in [0.05, 0.1) is 6.20 Å². The summed E-state index contributed by atoms with van der Waals surface area (Å²) in [5.74, 6) is -0.0807. The van der Waals surface area contributed by atoms with Crippen LogP contribution in [0.2, 0.25) is 0 Å². The monoisotopic (exact) mass is 201 g/mol. The van der Waals surface area contributed by atoms with Crippen molar-refractivity contribution in [3.63, 3.8) is 0 Å². The largest absolute Gasteiger partial charge is 0.340 e. The van der Waals surface area contributed by atoms with Gasteiger partial charge in [0.1, 0.15) is 5.38 Å². The number of halogens is 1. The summed E-state index contributed by atoms with van der Waals surface area (Å²) < 4.78 is 0. The maximum Gasteiger partial charge on any atom is 0.240 e. The van der Waals surface area contributed by atoms with Gasteiger partial charge in [-0.3, -0.25) is 9.89 Å². The van der Waals surface area contributed by atoms with E-state index in [1.807, 2.05) is 0 Å². The number of alkyl halides is 1. The van der Waals surface area contributed by atoms with Crippen molar-refractivity contribution in [1.82, 2.24) is 15.1 Å². The van der Waals surface area contributed by atoms with Crippen molar-refractivity contribution in [2.45, 2.75) is 18.8 Å². The first-order chi connectivity index (χ1) is 6.11. The molecule has 0 aliphatic rings. The lowest BCUT2D eigenvalue weighted by molar-refractivity contribution is -0.129. The average Bonchev–Trinajstić information content (AvgIpc) is 2.55. The number of amides is 1. The fraction of sp³-hybridized carbons (Fsp3) is 0.500. The van der Waals surface area contributed by atoms with Crippen LogP contribution in [0.3, 0.4) is 0 Å². The van der Waals surface area contributed by atoms with Crippen molar-refractivity contribution in [3.8, 4) is 0 Å². The highest BCUT2D eigenvalue weighted by atomic mass is 35.5. The summed E-state index contributed by atoms with van der Waals surface area (Å²) in [5, 5.41) is 5.99. The first-order valence-corrected chi connectivity index (χ1v) is 4.41. The second kappa shape index (κ2) is 4.28. The van der Waals surface area contributed by atoms with Gasteiger partial charge in [-0.05, 0) is 6.92 Å². The smallest absolute Gasteiger partial charge is 0.240 e. The zero-order chi connectivity index (χ0) is 9.84. The van der Waals surface area contributed by atoms with Crippen LogP contribution in [-0.2, 0) is 11.3 Å². The molecule has 1 heterocycles. The molecule has 0 radical (unpaired) electrons. The summed E-state index contributed by atoms with van der Waals surface area (Å²) >= 11 is 5.65. The molecule has 0 bridgehead atoms. The molecule has 0 aromatic carbocycles. The maximum absolute atomic E-state index is 11.3. The Hall–Kier alpha value is -1.03. The summed E-state index contributed by atoms with van der Waals surface area (Å²) in [7, 11) is 1.72. The molecular formula is C8H12ClN3O. The van der Waals surface area contributed by atoms with Gasteiger partial charge in [-0.25, -0.2) is 0 Å². The molecule has 0 fully saturated rings. The normalized spacial score (nSPS) is 12.5. The number of hydrogen-bond acceptors (Lipinski definition) is 2. The summed E-state index contributed by atoms with van der Waals surface area (Å²) in [4.78, 5) is 12.9. The zero-order valence-corrected chi connectivity index (χ0v) is 8.38. The van der Waals surface area contributed by atoms with Crippen molar-refractivity contribution in [2.24, 2.45) is 0 Å². The van der Waals surface area contributed by atoms with Crippen LogP contribution in [0.5, 0.6) is 0 Å². The number of carbonyl (C=O) groups is 1. The SMILES string of the molecule is CC(Cl)C(=O)N(C)Cc1cn[nH]c1. The van der Waals surface area contributed by atoms with Crippen LogP contribution in [0.4, 0.5) is 0 Å². The number of hydrogen-bond donors (Lipinski definition) is 1. The molecule has 1 N–H and O–H groups in total. The molecule has 72 valence electrons. The molecule has 1 unspecified atom stereocenters. The maximum atomic E-state index is 11.3. The van der Waals surface area contributed by atoms with Crippen molar-refractivity contribution in [1.29, 1.82) is 0 Å². The lowest BCUT2D eigenvalue weighted by Gasteiger charge is -2.17. The average molecular weight is 202 g/mol. The number of rotatable bonds is 3. The van der Waals surface area contributed by atoms with Crippen LogP contribution in [0.25, 0.3) is 0 Å². The van der Waals surface area contributed by atoms with Crippen LogP contribution in [0.15, 0.2) is 12.4 Å². The van der Waals surface area contributed by atoms with Crippen LogP contribution in [-0.4, -0.2) is 33.4 Å². The minimum absolute atomic E-state index is 0.0807. The highest BCUT2D eigenvalue weighted by Crippen LogP contribution is 2.04. The number of nitrogens with one attached hydrogen (secondary N) is 1. The van der Waals surface area contributed by atoms with Crippen LogP contribution in [0.1, 0.15) is 12.5 Å². The molecule has 0 aliphatic heterocycles. The summed E-state index contributed by atoms with van der Waals surface area (Å²) in [6.45, 7) is 2.20. The number of aromatic nitrogens is 2. The zero-order valence-electron chi connectivity index (χ0n) is 7.62. The van der Waals surface area contributed by atoms with Gasteiger partial charge < -0.3 is 4.90 Å². The molecule has 4 nitrogen and oxygen atoms in total. The second-order valence-corrected chi connectivity index (χ2v) is 3.57. The lowest BCUT2D eigenvalue weighted by atomic mass is 10.3. The molecular weight excluding hydrogens is 190 g/mol. The third-order valence-corrected chi connectivity index (χ3v) is 1.88. The second-order valence-electron chi connectivity index (χ2n) is 2.92. The van der Waals surface area contributed by atoms with Gasteiger partial charge in [0.25, 0.3) is 0 Å². The molecule has 0 spiro atoms. The van der Waals surface area contributed by atoms with E-state index in [0.717, 1.165) is 5.56 Å². The molecule has 1 aromatic heterocycles. The van der Waals surface area contributed by atoms with Crippen molar-refractivity contribution < 1.29 is 4.79 Å². The molecule has 0 saturated carbocycles. The molecule has 1 atom stereocenters. The Bertz CT molecular complexity index is 271. The fourth-order valence-electron chi connectivity index (χ4n) is 1.02. The minimum atomic E-state index is -0.475. The van der Waals surface area contributed by atoms with Crippen molar-refractivity contribution in [3.05, 3.63) is 18.0 Å². The first-order valence-electron chi connectivity index (χ1n) is 3.98. The van der Waals surface area contributed by atoms with Gasteiger partial charge in [-0.1, -0.05) is 0 Å². The third-order valence-electron chi connectivity index (χ3n) is 1.69. The Balaban J connectivity index is 2.51. The van der Waals surface area contributed by atoms with Gasteiger partial charge in [0, 0.05) is 25.4 Å². The highest BCUT2D eigenvalue weighted by molar-refractivity contribution is 6.30. The lowest BCUT2D eigenvalue weighted by Crippen LogP contribution is -2.31. The van der Waals surface area contributed by atoms with Crippen LogP contribution >= 0.6 is 11.6 Å². The van der Waals surface area contributed by atoms with Gasteiger partial charge >= 0.3 is 0 Å². The van der Waals surface area contributed by atoms with Gasteiger partial charge in [0.15, 0.2) is 0 Å². The quantitative estimate of drug-likeness (QED) is 0.742. The molecule has 13 heavy (non-hydrogen) atoms. The van der Waals surface area contributed by atoms with Crippen LogP contribution in [0, 0.1) is 0 Å². The first kappa shape index (κ1) is 10.1.